The van der Waals surface area contributed by atoms with Crippen LogP contribution in [0, 0.1) is 11.8 Å². The molecule has 12 nitrogen and oxygen atoms in total. The lowest BCUT2D eigenvalue weighted by Crippen LogP contribution is -2.48. The van der Waals surface area contributed by atoms with E-state index in [0.717, 1.165) is 36.1 Å². The summed E-state index contributed by atoms with van der Waals surface area (Å²) in [5.41, 5.74) is 2.52. The number of ether oxygens (including phenoxy) is 2. The number of carbonyl (C=O) groups excluding carboxylic acids is 3. The molecule has 48 heavy (non-hydrogen) atoms. The van der Waals surface area contributed by atoms with Crippen molar-refractivity contribution in [1.29, 1.82) is 0 Å². The van der Waals surface area contributed by atoms with Gasteiger partial charge in [-0.25, -0.2) is 4.79 Å². The molecule has 2 saturated heterocycles. The van der Waals surface area contributed by atoms with E-state index in [9.17, 15) is 14.4 Å². The Balaban J connectivity index is 1.15. The number of aryl methyl sites for hydroxylation is 1. The number of nitrogens with zero attached hydrogens (tertiary/aromatic N) is 5. The van der Waals surface area contributed by atoms with Crippen LogP contribution in [0.4, 0.5) is 4.79 Å². The summed E-state index contributed by atoms with van der Waals surface area (Å²) in [5, 5.41) is 11.5. The van der Waals surface area contributed by atoms with Crippen molar-refractivity contribution in [3.05, 3.63) is 53.9 Å². The predicted octanol–water partition coefficient (Wildman–Crippen LogP) is 5.71. The number of piperidine rings is 1. The molecule has 12 heteroatoms. The minimum absolute atomic E-state index is 0.0864. The minimum Gasteiger partial charge on any atom is -0.475 e. The van der Waals surface area contributed by atoms with E-state index in [-0.39, 0.29) is 35.8 Å². The molecule has 3 unspecified atom stereocenters. The van der Waals surface area contributed by atoms with Gasteiger partial charge >= 0.3 is 6.09 Å². The van der Waals surface area contributed by atoms with Gasteiger partial charge < -0.3 is 29.1 Å². The second kappa shape index (κ2) is 14.8. The Morgan fingerprint density at radius 1 is 1.02 bits per heavy atom. The lowest BCUT2D eigenvalue weighted by atomic mass is 9.91. The molecule has 2 fully saturated rings. The highest BCUT2D eigenvalue weighted by atomic mass is 16.6. The van der Waals surface area contributed by atoms with E-state index >= 15 is 0 Å². The first-order chi connectivity index (χ1) is 22.8. The van der Waals surface area contributed by atoms with Gasteiger partial charge in [0.05, 0.1) is 18.3 Å². The molecule has 4 heterocycles. The number of benzene rings is 1. The number of amides is 3. The predicted molar refractivity (Wildman–Crippen MR) is 180 cm³/mol. The van der Waals surface area contributed by atoms with Gasteiger partial charge in [0.25, 0.3) is 5.88 Å². The van der Waals surface area contributed by atoms with Crippen LogP contribution in [-0.4, -0.2) is 80.5 Å². The van der Waals surface area contributed by atoms with Crippen LogP contribution in [0.3, 0.4) is 0 Å². The monoisotopic (exact) mass is 662 g/mol. The van der Waals surface area contributed by atoms with Crippen LogP contribution in [-0.2, 0) is 21.4 Å². The molecule has 1 N–H and O–H groups in total. The summed E-state index contributed by atoms with van der Waals surface area (Å²) in [4.78, 5) is 43.3. The molecule has 3 amide bonds. The van der Waals surface area contributed by atoms with Gasteiger partial charge in [0.15, 0.2) is 5.76 Å². The van der Waals surface area contributed by atoms with Crippen molar-refractivity contribution in [2.75, 3.05) is 26.2 Å². The maximum absolute atomic E-state index is 14.0. The minimum atomic E-state index is -0.600. The third kappa shape index (κ3) is 8.38. The van der Waals surface area contributed by atoms with Gasteiger partial charge in [-0.2, -0.15) is 5.10 Å². The molecule has 3 aromatic rings. The van der Waals surface area contributed by atoms with Crippen molar-refractivity contribution in [3.63, 3.8) is 0 Å². The molecule has 2 aliphatic rings. The first-order valence-electron chi connectivity index (χ1n) is 17.1. The van der Waals surface area contributed by atoms with Crippen LogP contribution >= 0.6 is 0 Å². The summed E-state index contributed by atoms with van der Waals surface area (Å²) in [6.45, 7) is 13.6. The zero-order valence-corrected chi connectivity index (χ0v) is 29.3. The quantitative estimate of drug-likeness (QED) is 0.292. The molecule has 0 spiro atoms. The van der Waals surface area contributed by atoms with Gasteiger partial charge in [0.2, 0.25) is 11.8 Å². The average Bonchev–Trinajstić information content (AvgIpc) is 3.81. The second-order valence-electron chi connectivity index (χ2n) is 14.4. The van der Waals surface area contributed by atoms with Gasteiger partial charge in [0.1, 0.15) is 17.6 Å². The third-order valence-corrected chi connectivity index (χ3v) is 9.20. The van der Waals surface area contributed by atoms with Crippen molar-refractivity contribution < 1.29 is 28.4 Å². The Morgan fingerprint density at radius 2 is 1.73 bits per heavy atom. The Kier molecular flexibility index (Phi) is 10.8. The lowest BCUT2D eigenvalue weighted by molar-refractivity contribution is -0.141. The number of hydrogen-bond acceptors (Lipinski definition) is 8. The Labute approximate surface area is 283 Å². The van der Waals surface area contributed by atoms with E-state index in [2.05, 4.69) is 15.6 Å². The molecule has 2 aromatic heterocycles. The average molecular weight is 663 g/mol. The van der Waals surface area contributed by atoms with Crippen molar-refractivity contribution in [2.24, 2.45) is 18.9 Å². The Bertz CT molecular complexity index is 1550. The molecule has 0 bridgehead atoms. The first kappa shape index (κ1) is 35.0. The largest absolute Gasteiger partial charge is 0.475 e. The fourth-order valence-corrected chi connectivity index (χ4v) is 6.51. The van der Waals surface area contributed by atoms with Gasteiger partial charge in [-0.1, -0.05) is 38.1 Å². The molecule has 260 valence electrons. The SMILES string of the molecule is CC(NC(=O)C1CCCN1C(=O)C(c1cc(OCC2CCN(C(=O)OC(C)(C)C)CC2)no1)C(C)C)c1ccc(-c2ccnn2C)cc1. The molecule has 3 atom stereocenters. The number of nitrogens with one attached hydrogen (secondary N) is 1. The molecular formula is C36H50N6O6. The van der Waals surface area contributed by atoms with E-state index in [0.29, 0.717) is 44.3 Å². The molecular weight excluding hydrogens is 612 g/mol. The van der Waals surface area contributed by atoms with Gasteiger partial charge in [-0.15, -0.1) is 0 Å². The number of rotatable bonds is 10. The van der Waals surface area contributed by atoms with Crippen LogP contribution in [0.15, 0.2) is 47.1 Å². The maximum Gasteiger partial charge on any atom is 0.410 e. The highest BCUT2D eigenvalue weighted by Gasteiger charge is 2.40. The number of hydrogen-bond donors (Lipinski definition) is 1. The highest BCUT2D eigenvalue weighted by molar-refractivity contribution is 5.91. The fraction of sp³-hybridized carbons (Fsp3) is 0.583. The standard InChI is InChI=1S/C36H50N6O6/c1-23(2)32(30-21-31(39-48-30)46-22-25-15-19-41(20-16-25)35(45)47-36(4,5)6)34(44)42-18-8-9-29(42)33(43)38-24(3)26-10-12-27(13-11-26)28-14-17-37-40(28)7/h10-14,17,21,23-25,29,32H,8-9,15-16,18-20,22H2,1-7H3,(H,38,43). The smallest absolute Gasteiger partial charge is 0.410 e. The van der Waals surface area contributed by atoms with E-state index in [1.807, 2.05) is 83.6 Å². The Hall–Kier alpha value is -4.35. The van der Waals surface area contributed by atoms with Crippen LogP contribution < -0.4 is 10.1 Å². The number of carbonyl (C=O) groups is 3. The van der Waals surface area contributed by atoms with Crippen LogP contribution in [0.5, 0.6) is 5.88 Å². The van der Waals surface area contributed by atoms with E-state index < -0.39 is 17.6 Å². The molecule has 0 saturated carbocycles. The molecule has 0 radical (unpaired) electrons. The van der Waals surface area contributed by atoms with Crippen molar-refractivity contribution in [1.82, 2.24) is 30.1 Å². The Morgan fingerprint density at radius 3 is 2.35 bits per heavy atom. The van der Waals surface area contributed by atoms with Crippen LogP contribution in [0.25, 0.3) is 11.3 Å². The van der Waals surface area contributed by atoms with Crippen molar-refractivity contribution in [3.8, 4) is 17.1 Å². The molecule has 5 rings (SSSR count). The third-order valence-electron chi connectivity index (χ3n) is 9.20. The normalized spacial score (nSPS) is 18.5. The summed E-state index contributed by atoms with van der Waals surface area (Å²) >= 11 is 0. The molecule has 0 aliphatic carbocycles. The van der Waals surface area contributed by atoms with E-state index in [4.69, 9.17) is 14.0 Å². The zero-order chi connectivity index (χ0) is 34.6. The highest BCUT2D eigenvalue weighted by Crippen LogP contribution is 2.33. The van der Waals surface area contributed by atoms with Gasteiger partial charge in [0, 0.05) is 38.9 Å². The summed E-state index contributed by atoms with van der Waals surface area (Å²) in [6.07, 6.45) is 4.43. The molecule has 1 aromatic carbocycles. The van der Waals surface area contributed by atoms with E-state index in [1.54, 1.807) is 22.1 Å². The number of aromatic nitrogens is 3. The second-order valence-corrected chi connectivity index (χ2v) is 14.4. The maximum atomic E-state index is 14.0. The fourth-order valence-electron chi connectivity index (χ4n) is 6.51. The molecule has 2 aliphatic heterocycles. The van der Waals surface area contributed by atoms with Gasteiger partial charge in [-0.05, 0) is 87.6 Å². The first-order valence-corrected chi connectivity index (χ1v) is 17.1. The van der Waals surface area contributed by atoms with E-state index in [1.165, 1.54) is 0 Å². The topological polar surface area (TPSA) is 132 Å². The summed E-state index contributed by atoms with van der Waals surface area (Å²) < 4.78 is 19.0. The summed E-state index contributed by atoms with van der Waals surface area (Å²) in [7, 11) is 1.90. The lowest BCUT2D eigenvalue weighted by Gasteiger charge is -2.33. The van der Waals surface area contributed by atoms with Gasteiger partial charge in [-0.3, -0.25) is 14.3 Å². The zero-order valence-electron chi connectivity index (χ0n) is 29.3. The van der Waals surface area contributed by atoms with Crippen molar-refractivity contribution in [2.45, 2.75) is 90.8 Å². The summed E-state index contributed by atoms with van der Waals surface area (Å²) in [6, 6.07) is 10.9. The number of likely N-dealkylation sites (tertiary alicyclic amines) is 2. The van der Waals surface area contributed by atoms with Crippen LogP contribution in [0.1, 0.15) is 90.5 Å². The summed E-state index contributed by atoms with van der Waals surface area (Å²) in [5.74, 6) is 0.0269. The van der Waals surface area contributed by atoms with Crippen LogP contribution in [0.2, 0.25) is 0 Å². The van der Waals surface area contributed by atoms with Crippen molar-refractivity contribution >= 4 is 17.9 Å².